The zero-order valence-electron chi connectivity index (χ0n) is 9.62. The van der Waals surface area contributed by atoms with Crippen LogP contribution in [0.15, 0.2) is 0 Å². The van der Waals surface area contributed by atoms with Crippen LogP contribution in [0.1, 0.15) is 26.7 Å². The summed E-state index contributed by atoms with van der Waals surface area (Å²) in [6.07, 6.45) is 4.04. The first kappa shape index (κ1) is 13.8. The van der Waals surface area contributed by atoms with Gasteiger partial charge in [0, 0.05) is 19.5 Å². The quantitative estimate of drug-likeness (QED) is 0.581. The van der Waals surface area contributed by atoms with Gasteiger partial charge in [-0.3, -0.25) is 0 Å². The van der Waals surface area contributed by atoms with E-state index in [1.807, 2.05) is 11.8 Å². The molecule has 2 nitrogen and oxygen atoms in total. The van der Waals surface area contributed by atoms with Gasteiger partial charge in [0.25, 0.3) is 0 Å². The van der Waals surface area contributed by atoms with E-state index in [9.17, 15) is 0 Å². The topological polar surface area (TPSA) is 27.0 Å². The van der Waals surface area contributed by atoms with Crippen molar-refractivity contribution in [2.24, 2.45) is 5.92 Å². The van der Waals surface area contributed by atoms with Crippen molar-refractivity contribution < 1.29 is 0 Å². The molecule has 0 saturated heterocycles. The molecule has 0 aromatic heterocycles. The first-order chi connectivity index (χ1) is 6.70. The lowest BCUT2D eigenvalue weighted by Gasteiger charge is -2.22. The molecule has 0 fully saturated rings. The smallest absolute Gasteiger partial charge is 0.0635 e. The highest BCUT2D eigenvalue weighted by molar-refractivity contribution is 7.98. The van der Waals surface area contributed by atoms with Gasteiger partial charge in [0.2, 0.25) is 0 Å². The second-order valence-corrected chi connectivity index (χ2v) is 4.93. The Hall–Kier alpha value is -0.200. The fraction of sp³-hybridized carbons (Fsp3) is 0.909. The molecule has 0 aliphatic rings. The fourth-order valence-electron chi connectivity index (χ4n) is 1.45. The van der Waals surface area contributed by atoms with Crippen LogP contribution in [0.5, 0.6) is 0 Å². The zero-order valence-corrected chi connectivity index (χ0v) is 10.4. The molecule has 0 N–H and O–H groups in total. The minimum atomic E-state index is 0.659. The van der Waals surface area contributed by atoms with Gasteiger partial charge in [-0.15, -0.1) is 0 Å². The molecule has 82 valence electrons. The number of hydrogen-bond donors (Lipinski definition) is 0. The van der Waals surface area contributed by atoms with Gasteiger partial charge < -0.3 is 4.90 Å². The van der Waals surface area contributed by atoms with Gasteiger partial charge >= 0.3 is 0 Å². The van der Waals surface area contributed by atoms with E-state index in [1.54, 1.807) is 0 Å². The number of rotatable bonds is 8. The van der Waals surface area contributed by atoms with Gasteiger partial charge in [-0.05, 0) is 30.9 Å². The van der Waals surface area contributed by atoms with Crippen molar-refractivity contribution in [3.05, 3.63) is 0 Å². The van der Waals surface area contributed by atoms with Gasteiger partial charge in [0.05, 0.1) is 6.07 Å². The van der Waals surface area contributed by atoms with Crippen LogP contribution in [0.4, 0.5) is 0 Å². The fourth-order valence-corrected chi connectivity index (χ4v) is 1.87. The summed E-state index contributed by atoms with van der Waals surface area (Å²) < 4.78 is 0. The molecule has 0 radical (unpaired) electrons. The molecule has 0 amide bonds. The maximum Gasteiger partial charge on any atom is 0.0635 e. The summed E-state index contributed by atoms with van der Waals surface area (Å²) in [5, 5.41) is 8.54. The highest BCUT2D eigenvalue weighted by Crippen LogP contribution is 2.03. The highest BCUT2D eigenvalue weighted by Gasteiger charge is 2.05. The minimum Gasteiger partial charge on any atom is -0.302 e. The molecule has 0 aliphatic heterocycles. The predicted molar refractivity (Wildman–Crippen MR) is 64.5 cm³/mol. The van der Waals surface area contributed by atoms with E-state index >= 15 is 0 Å². The molecule has 0 heterocycles. The summed E-state index contributed by atoms with van der Waals surface area (Å²) >= 11 is 1.89. The largest absolute Gasteiger partial charge is 0.302 e. The average molecular weight is 214 g/mol. The van der Waals surface area contributed by atoms with E-state index < -0.39 is 0 Å². The van der Waals surface area contributed by atoms with Crippen molar-refractivity contribution in [1.29, 1.82) is 5.26 Å². The van der Waals surface area contributed by atoms with Crippen LogP contribution in [0.2, 0.25) is 0 Å². The number of nitrogens with zero attached hydrogens (tertiary/aromatic N) is 2. The lowest BCUT2D eigenvalue weighted by Crippen LogP contribution is -2.30. The molecule has 0 atom stereocenters. The van der Waals surface area contributed by atoms with Gasteiger partial charge in [-0.1, -0.05) is 13.8 Å². The van der Waals surface area contributed by atoms with E-state index in [1.165, 1.54) is 12.2 Å². The third-order valence-corrected chi connectivity index (χ3v) is 2.68. The van der Waals surface area contributed by atoms with E-state index in [2.05, 4.69) is 31.1 Å². The number of hydrogen-bond acceptors (Lipinski definition) is 3. The summed E-state index contributed by atoms with van der Waals surface area (Å²) in [6, 6.07) is 2.21. The summed E-state index contributed by atoms with van der Waals surface area (Å²) in [4.78, 5) is 2.41. The summed E-state index contributed by atoms with van der Waals surface area (Å²) in [5.74, 6) is 1.92. The van der Waals surface area contributed by atoms with Crippen LogP contribution >= 0.6 is 11.8 Å². The molecule has 14 heavy (non-hydrogen) atoms. The number of thioether (sulfide) groups is 1. The second kappa shape index (κ2) is 9.36. The Kier molecular flexibility index (Phi) is 9.23. The van der Waals surface area contributed by atoms with Crippen LogP contribution in [0.25, 0.3) is 0 Å². The van der Waals surface area contributed by atoms with E-state index in [0.717, 1.165) is 19.6 Å². The van der Waals surface area contributed by atoms with Crippen molar-refractivity contribution in [2.75, 3.05) is 31.6 Å². The van der Waals surface area contributed by atoms with E-state index in [4.69, 9.17) is 5.26 Å². The van der Waals surface area contributed by atoms with Crippen molar-refractivity contribution in [1.82, 2.24) is 4.90 Å². The van der Waals surface area contributed by atoms with Crippen LogP contribution in [-0.4, -0.2) is 36.5 Å². The standard InChI is InChI=1S/C11H22N2S/c1-11(2)10-13(7-4-6-12)8-5-9-14-3/h11H,4-5,7-10H2,1-3H3. The first-order valence-electron chi connectivity index (χ1n) is 5.29. The Labute approximate surface area is 92.7 Å². The lowest BCUT2D eigenvalue weighted by atomic mass is 10.2. The molecule has 0 spiro atoms. The number of nitriles is 1. The van der Waals surface area contributed by atoms with Crippen molar-refractivity contribution >= 4 is 11.8 Å². The van der Waals surface area contributed by atoms with E-state index in [-0.39, 0.29) is 0 Å². The van der Waals surface area contributed by atoms with Crippen LogP contribution < -0.4 is 0 Å². The Morgan fingerprint density at radius 3 is 2.57 bits per heavy atom. The Balaban J connectivity index is 3.67. The normalized spacial score (nSPS) is 10.9. The minimum absolute atomic E-state index is 0.659. The molecular formula is C11H22N2S. The molecule has 3 heteroatoms. The molecule has 0 unspecified atom stereocenters. The summed E-state index contributed by atoms with van der Waals surface area (Å²) in [6.45, 7) is 7.65. The van der Waals surface area contributed by atoms with Crippen molar-refractivity contribution in [3.8, 4) is 6.07 Å². The molecule has 0 aromatic rings. The Morgan fingerprint density at radius 1 is 1.36 bits per heavy atom. The maximum atomic E-state index is 8.54. The lowest BCUT2D eigenvalue weighted by molar-refractivity contribution is 0.250. The Bertz CT molecular complexity index is 163. The first-order valence-corrected chi connectivity index (χ1v) is 6.68. The molecule has 0 bridgehead atoms. The Morgan fingerprint density at radius 2 is 2.07 bits per heavy atom. The van der Waals surface area contributed by atoms with Crippen LogP contribution in [0, 0.1) is 17.2 Å². The van der Waals surface area contributed by atoms with Gasteiger partial charge in [0.15, 0.2) is 0 Å². The second-order valence-electron chi connectivity index (χ2n) is 3.95. The molecule has 0 saturated carbocycles. The van der Waals surface area contributed by atoms with Gasteiger partial charge in [0.1, 0.15) is 0 Å². The molecular weight excluding hydrogens is 192 g/mol. The average Bonchev–Trinajstić information content (AvgIpc) is 2.13. The molecule has 0 rings (SSSR count). The SMILES string of the molecule is CSCCCN(CCC#N)CC(C)C. The highest BCUT2D eigenvalue weighted by atomic mass is 32.2. The third kappa shape index (κ3) is 8.40. The maximum absolute atomic E-state index is 8.54. The summed E-state index contributed by atoms with van der Waals surface area (Å²) in [7, 11) is 0. The summed E-state index contributed by atoms with van der Waals surface area (Å²) in [5.41, 5.74) is 0. The predicted octanol–water partition coefficient (Wildman–Crippen LogP) is 2.61. The van der Waals surface area contributed by atoms with Crippen molar-refractivity contribution in [2.45, 2.75) is 26.7 Å². The van der Waals surface area contributed by atoms with Crippen LogP contribution in [0.3, 0.4) is 0 Å². The van der Waals surface area contributed by atoms with Gasteiger partial charge in [-0.25, -0.2) is 0 Å². The van der Waals surface area contributed by atoms with Crippen LogP contribution in [-0.2, 0) is 0 Å². The molecule has 0 aliphatic carbocycles. The van der Waals surface area contributed by atoms with Crippen molar-refractivity contribution in [3.63, 3.8) is 0 Å². The molecule has 0 aromatic carbocycles. The van der Waals surface area contributed by atoms with E-state index in [0.29, 0.717) is 12.3 Å². The monoisotopic (exact) mass is 214 g/mol. The third-order valence-electron chi connectivity index (χ3n) is 1.99. The zero-order chi connectivity index (χ0) is 10.8. The van der Waals surface area contributed by atoms with Gasteiger partial charge in [-0.2, -0.15) is 17.0 Å².